The first-order valence-electron chi connectivity index (χ1n) is 7.81. The van der Waals surface area contributed by atoms with Crippen molar-refractivity contribution < 1.29 is 14.2 Å². The zero-order valence-electron chi connectivity index (χ0n) is 14.7. The molecular formula is C19H19N3O3Se. The van der Waals surface area contributed by atoms with Crippen molar-refractivity contribution in [2.45, 2.75) is 0 Å². The van der Waals surface area contributed by atoms with E-state index in [0.29, 0.717) is 23.0 Å². The number of nitrogens with zero attached hydrogens (tertiary/aromatic N) is 2. The van der Waals surface area contributed by atoms with Crippen LogP contribution in [0.1, 0.15) is 10.1 Å². The first-order valence-corrected chi connectivity index (χ1v) is 9.66. The summed E-state index contributed by atoms with van der Waals surface area (Å²) in [5, 5.41) is 3.99. The summed E-state index contributed by atoms with van der Waals surface area (Å²) in [4.78, 5) is 6.87. The molecule has 7 heteroatoms. The van der Waals surface area contributed by atoms with Crippen LogP contribution < -0.4 is 20.1 Å². The Morgan fingerprint density at radius 2 is 1.65 bits per heavy atom. The van der Waals surface area contributed by atoms with Crippen LogP contribution in [0.25, 0.3) is 11.3 Å². The molecule has 0 aliphatic rings. The molecule has 0 saturated heterocycles. The van der Waals surface area contributed by atoms with Crippen molar-refractivity contribution in [2.75, 3.05) is 21.3 Å². The van der Waals surface area contributed by atoms with Crippen molar-refractivity contribution in [3.8, 4) is 28.5 Å². The van der Waals surface area contributed by atoms with E-state index in [9.17, 15) is 0 Å². The summed E-state index contributed by atoms with van der Waals surface area (Å²) in [7, 11) is 4.72. The summed E-state index contributed by atoms with van der Waals surface area (Å²) in [6.07, 6.45) is 0. The fourth-order valence-electron chi connectivity index (χ4n) is 2.60. The number of ether oxygens (including phenoxy) is 3. The number of hydrogen-bond acceptors (Lipinski definition) is 6. The molecule has 26 heavy (non-hydrogen) atoms. The van der Waals surface area contributed by atoms with Crippen LogP contribution in [0.4, 0.5) is 0 Å². The van der Waals surface area contributed by atoms with Crippen molar-refractivity contribution in [2.24, 2.45) is 10.9 Å². The molecule has 0 aliphatic heterocycles. The fourth-order valence-corrected chi connectivity index (χ4v) is 4.37. The van der Waals surface area contributed by atoms with Crippen molar-refractivity contribution >= 4 is 20.2 Å². The summed E-state index contributed by atoms with van der Waals surface area (Å²) in [6, 6.07) is 13.7. The quantitative estimate of drug-likeness (QED) is 0.289. The van der Waals surface area contributed by atoms with E-state index < -0.39 is 0 Å². The van der Waals surface area contributed by atoms with Gasteiger partial charge in [0.25, 0.3) is 0 Å². The van der Waals surface area contributed by atoms with Crippen LogP contribution in [0.15, 0.2) is 52.5 Å². The molecular weight excluding hydrogens is 397 g/mol. The van der Waals surface area contributed by atoms with E-state index in [4.69, 9.17) is 25.0 Å². The molecule has 0 atom stereocenters. The average Bonchev–Trinajstić information content (AvgIpc) is 3.18. The van der Waals surface area contributed by atoms with Crippen LogP contribution in [-0.4, -0.2) is 46.5 Å². The third kappa shape index (κ3) is 3.45. The number of nitrogens with two attached hydrogens (primary N) is 1. The van der Waals surface area contributed by atoms with Crippen LogP contribution >= 0.6 is 0 Å². The van der Waals surface area contributed by atoms with E-state index in [1.807, 2.05) is 42.5 Å². The predicted octanol–water partition coefficient (Wildman–Crippen LogP) is 2.54. The van der Waals surface area contributed by atoms with Gasteiger partial charge in [0.2, 0.25) is 0 Å². The zero-order chi connectivity index (χ0) is 18.5. The Morgan fingerprint density at radius 3 is 2.19 bits per heavy atom. The van der Waals surface area contributed by atoms with Gasteiger partial charge in [-0.1, -0.05) is 0 Å². The van der Waals surface area contributed by atoms with Gasteiger partial charge in [0.1, 0.15) is 0 Å². The first-order chi connectivity index (χ1) is 12.7. The zero-order valence-corrected chi connectivity index (χ0v) is 16.4. The molecule has 2 aromatic carbocycles. The maximum absolute atomic E-state index is 5.70. The third-order valence-electron chi connectivity index (χ3n) is 3.84. The Bertz CT molecular complexity index is 898. The third-order valence-corrected chi connectivity index (χ3v) is 5.62. The Hall–Kier alpha value is -2.76. The van der Waals surface area contributed by atoms with Gasteiger partial charge >= 0.3 is 158 Å². The normalized spacial score (nSPS) is 11.3. The summed E-state index contributed by atoms with van der Waals surface area (Å²) in [6.45, 7) is 0. The number of hydrogen-bond donors (Lipinski definition) is 1. The van der Waals surface area contributed by atoms with E-state index in [1.54, 1.807) is 21.3 Å². The number of hydrazone groups is 1. The minimum absolute atomic E-state index is 0.0315. The van der Waals surface area contributed by atoms with E-state index in [-0.39, 0.29) is 14.5 Å². The molecule has 3 rings (SSSR count). The van der Waals surface area contributed by atoms with Gasteiger partial charge in [-0.05, 0) is 0 Å². The number of rotatable bonds is 6. The van der Waals surface area contributed by atoms with Gasteiger partial charge in [0.15, 0.2) is 0 Å². The molecule has 0 amide bonds. The molecule has 0 spiro atoms. The molecule has 3 aromatic rings. The molecule has 1 aromatic heterocycles. The second-order valence-electron chi connectivity index (χ2n) is 5.30. The van der Waals surface area contributed by atoms with E-state index >= 15 is 0 Å². The predicted molar refractivity (Wildman–Crippen MR) is 103 cm³/mol. The SMILES string of the molecule is COc1cc(/C(=N/N)c2nc(-c3ccccc3)c[se]2)cc(OC)c1OC. The molecule has 6 nitrogen and oxygen atoms in total. The van der Waals surface area contributed by atoms with Crippen LogP contribution in [0, 0.1) is 0 Å². The van der Waals surface area contributed by atoms with Crippen molar-refractivity contribution in [3.05, 3.63) is 57.5 Å². The van der Waals surface area contributed by atoms with E-state index in [1.165, 1.54) is 0 Å². The second-order valence-corrected chi connectivity index (χ2v) is 7.10. The van der Waals surface area contributed by atoms with Gasteiger partial charge in [-0.15, -0.1) is 0 Å². The summed E-state index contributed by atoms with van der Waals surface area (Å²) < 4.78 is 17.1. The molecule has 0 radical (unpaired) electrons. The Balaban J connectivity index is 2.04. The second kappa shape index (κ2) is 8.08. The van der Waals surface area contributed by atoms with Crippen LogP contribution in [0.2, 0.25) is 0 Å². The van der Waals surface area contributed by atoms with Gasteiger partial charge in [-0.3, -0.25) is 0 Å². The van der Waals surface area contributed by atoms with Gasteiger partial charge < -0.3 is 0 Å². The molecule has 0 unspecified atom stereocenters. The van der Waals surface area contributed by atoms with Gasteiger partial charge in [0.05, 0.1) is 0 Å². The summed E-state index contributed by atoms with van der Waals surface area (Å²) in [5.41, 5.74) is 3.40. The van der Waals surface area contributed by atoms with Gasteiger partial charge in [-0.25, -0.2) is 0 Å². The monoisotopic (exact) mass is 417 g/mol. The molecule has 1 heterocycles. The summed E-state index contributed by atoms with van der Waals surface area (Å²) >= 11 is 0.0315. The van der Waals surface area contributed by atoms with Gasteiger partial charge in [-0.2, -0.15) is 0 Å². The summed E-state index contributed by atoms with van der Waals surface area (Å²) in [5.74, 6) is 7.32. The van der Waals surface area contributed by atoms with Crippen LogP contribution in [0.3, 0.4) is 0 Å². The number of methoxy groups -OCH3 is 3. The Labute approximate surface area is 158 Å². The fraction of sp³-hybridized carbons (Fsp3) is 0.158. The minimum atomic E-state index is 0.0315. The van der Waals surface area contributed by atoms with E-state index in [0.717, 1.165) is 21.4 Å². The van der Waals surface area contributed by atoms with E-state index in [2.05, 4.69) is 10.0 Å². The average molecular weight is 416 g/mol. The Morgan fingerprint density at radius 1 is 1.00 bits per heavy atom. The molecule has 0 fully saturated rings. The first kappa shape index (κ1) is 18.0. The number of aromatic nitrogens is 1. The molecule has 0 aliphatic carbocycles. The standard InChI is InChI=1S/C19H19N3O3Se/c1-23-15-9-13(10-16(24-2)18(15)25-3)17(22-20)19-21-14(11-26-19)12-7-5-4-6-8-12/h4-11H,20H2,1-3H3/b22-17-. The van der Waals surface area contributed by atoms with Crippen LogP contribution in [-0.2, 0) is 0 Å². The van der Waals surface area contributed by atoms with Crippen molar-refractivity contribution in [3.63, 3.8) is 0 Å². The molecule has 0 bridgehead atoms. The number of benzene rings is 2. The maximum atomic E-state index is 5.70. The topological polar surface area (TPSA) is 79.0 Å². The molecule has 2 N–H and O–H groups in total. The van der Waals surface area contributed by atoms with Crippen LogP contribution in [0.5, 0.6) is 17.2 Å². The van der Waals surface area contributed by atoms with Gasteiger partial charge in [0, 0.05) is 0 Å². The molecule has 134 valence electrons. The molecule has 0 saturated carbocycles. The van der Waals surface area contributed by atoms with Crippen molar-refractivity contribution in [1.82, 2.24) is 4.98 Å². The Kier molecular flexibility index (Phi) is 5.61. The van der Waals surface area contributed by atoms with Crippen molar-refractivity contribution in [1.29, 1.82) is 0 Å².